The number of fused-ring (bicyclic) bond motifs is 1. The van der Waals surface area contributed by atoms with Crippen LogP contribution in [-0.4, -0.2) is 18.1 Å². The second-order valence-electron chi connectivity index (χ2n) is 5.46. The molecule has 0 fully saturated rings. The van der Waals surface area contributed by atoms with Gasteiger partial charge in [-0.05, 0) is 17.5 Å². The van der Waals surface area contributed by atoms with Crippen molar-refractivity contribution in [3.63, 3.8) is 0 Å². The van der Waals surface area contributed by atoms with Gasteiger partial charge in [-0.15, -0.1) is 0 Å². The summed E-state index contributed by atoms with van der Waals surface area (Å²) in [5.41, 5.74) is 4.38. The Morgan fingerprint density at radius 2 is 1.64 bits per heavy atom. The molecule has 2 aromatic rings. The van der Waals surface area contributed by atoms with Gasteiger partial charge in [0.2, 0.25) is 0 Å². The van der Waals surface area contributed by atoms with Crippen LogP contribution in [0.2, 0.25) is 0 Å². The molecule has 108 valence electrons. The van der Waals surface area contributed by atoms with Crippen molar-refractivity contribution in [2.24, 2.45) is 9.98 Å². The number of amidine groups is 1. The van der Waals surface area contributed by atoms with Gasteiger partial charge in [0.15, 0.2) is 0 Å². The second-order valence-corrected chi connectivity index (χ2v) is 5.46. The number of dihydropyridines is 1. The molecule has 2 aliphatic heterocycles. The van der Waals surface area contributed by atoms with Gasteiger partial charge in [-0.1, -0.05) is 66.7 Å². The van der Waals surface area contributed by atoms with Crippen LogP contribution in [-0.2, 0) is 0 Å². The van der Waals surface area contributed by atoms with E-state index in [0.29, 0.717) is 0 Å². The summed E-state index contributed by atoms with van der Waals surface area (Å²) in [7, 11) is 0. The van der Waals surface area contributed by atoms with E-state index in [-0.39, 0.29) is 6.04 Å². The Balaban J connectivity index is 1.84. The molecule has 0 radical (unpaired) electrons. The van der Waals surface area contributed by atoms with Gasteiger partial charge in [0.25, 0.3) is 0 Å². The van der Waals surface area contributed by atoms with Crippen LogP contribution < -0.4 is 5.32 Å². The first-order valence-corrected chi connectivity index (χ1v) is 7.62. The Morgan fingerprint density at radius 3 is 2.41 bits per heavy atom. The lowest BCUT2D eigenvalue weighted by atomic mass is 9.94. The molecule has 0 aliphatic carbocycles. The van der Waals surface area contributed by atoms with E-state index < -0.39 is 0 Å². The van der Waals surface area contributed by atoms with E-state index in [1.807, 2.05) is 12.1 Å². The van der Waals surface area contributed by atoms with Gasteiger partial charge in [-0.25, -0.2) is 4.99 Å². The van der Waals surface area contributed by atoms with Crippen LogP contribution in [0.25, 0.3) is 0 Å². The van der Waals surface area contributed by atoms with Crippen LogP contribution in [0, 0.1) is 0 Å². The van der Waals surface area contributed by atoms with E-state index in [2.05, 4.69) is 64.9 Å². The summed E-state index contributed by atoms with van der Waals surface area (Å²) in [5, 5.41) is 3.57. The van der Waals surface area contributed by atoms with Crippen LogP contribution in [0.1, 0.15) is 23.6 Å². The minimum Gasteiger partial charge on any atom is -0.356 e. The van der Waals surface area contributed by atoms with Crippen LogP contribution >= 0.6 is 0 Å². The van der Waals surface area contributed by atoms with E-state index in [1.54, 1.807) is 0 Å². The molecule has 22 heavy (non-hydrogen) atoms. The summed E-state index contributed by atoms with van der Waals surface area (Å²) in [4.78, 5) is 9.50. The van der Waals surface area contributed by atoms with Crippen molar-refractivity contribution in [2.45, 2.75) is 12.5 Å². The summed E-state index contributed by atoms with van der Waals surface area (Å²) in [6, 6.07) is 20.8. The third-order valence-electron chi connectivity index (χ3n) is 3.98. The second kappa shape index (κ2) is 5.60. The standard InChI is InChI=1S/C19H17N3/c1-3-8-14(9-4-1)17-18(15-10-5-2-6-11-15)22-19-16(21-17)12-7-13-20-19/h1-6,8-12,18H,7,13H2,(H,20,22). The predicted molar refractivity (Wildman–Crippen MR) is 90.3 cm³/mol. The summed E-state index contributed by atoms with van der Waals surface area (Å²) in [5.74, 6) is 0.916. The number of nitrogens with zero attached hydrogens (tertiary/aromatic N) is 2. The molecular weight excluding hydrogens is 270 g/mol. The monoisotopic (exact) mass is 287 g/mol. The Morgan fingerprint density at radius 1 is 0.909 bits per heavy atom. The Kier molecular flexibility index (Phi) is 3.31. The Labute approximate surface area is 130 Å². The molecule has 0 saturated heterocycles. The first-order valence-electron chi connectivity index (χ1n) is 7.62. The fourth-order valence-electron chi connectivity index (χ4n) is 2.90. The first-order chi connectivity index (χ1) is 10.9. The molecule has 1 unspecified atom stereocenters. The fourth-order valence-corrected chi connectivity index (χ4v) is 2.90. The molecule has 0 aromatic heterocycles. The van der Waals surface area contributed by atoms with E-state index in [4.69, 9.17) is 4.99 Å². The van der Waals surface area contributed by atoms with Crippen molar-refractivity contribution in [1.29, 1.82) is 0 Å². The Hall–Kier alpha value is -2.68. The van der Waals surface area contributed by atoms with Crippen molar-refractivity contribution in [1.82, 2.24) is 5.32 Å². The fraction of sp³-hybridized carbons (Fsp3) is 0.158. The lowest BCUT2D eigenvalue weighted by Gasteiger charge is -2.29. The average Bonchev–Trinajstić information content (AvgIpc) is 2.62. The molecule has 2 aliphatic rings. The van der Waals surface area contributed by atoms with E-state index in [9.17, 15) is 0 Å². The highest BCUT2D eigenvalue weighted by Gasteiger charge is 2.28. The van der Waals surface area contributed by atoms with Crippen molar-refractivity contribution in [3.8, 4) is 0 Å². The van der Waals surface area contributed by atoms with Crippen molar-refractivity contribution < 1.29 is 0 Å². The molecule has 2 heterocycles. The van der Waals surface area contributed by atoms with E-state index in [0.717, 1.165) is 35.8 Å². The molecule has 2 aromatic carbocycles. The molecule has 3 nitrogen and oxygen atoms in total. The number of rotatable bonds is 2. The van der Waals surface area contributed by atoms with Gasteiger partial charge in [-0.2, -0.15) is 0 Å². The molecule has 0 amide bonds. The molecule has 3 heteroatoms. The number of nitrogens with one attached hydrogen (secondary N) is 1. The minimum atomic E-state index is 0.0394. The Bertz CT molecular complexity index is 758. The SMILES string of the molecule is C1=C2N=C(c3ccccc3)C(c3ccccc3)NC2=NCC1. The van der Waals surface area contributed by atoms with Crippen molar-refractivity contribution in [3.05, 3.63) is 83.6 Å². The highest BCUT2D eigenvalue weighted by Crippen LogP contribution is 2.26. The largest absolute Gasteiger partial charge is 0.356 e. The number of hydrogen-bond acceptors (Lipinski definition) is 3. The van der Waals surface area contributed by atoms with Crippen LogP contribution in [0.4, 0.5) is 0 Å². The number of hydrogen-bond donors (Lipinski definition) is 1. The van der Waals surface area contributed by atoms with Crippen LogP contribution in [0.3, 0.4) is 0 Å². The lowest BCUT2D eigenvalue weighted by Crippen LogP contribution is -2.40. The maximum atomic E-state index is 4.92. The number of benzene rings is 2. The molecule has 4 rings (SSSR count). The van der Waals surface area contributed by atoms with Crippen molar-refractivity contribution in [2.75, 3.05) is 6.54 Å². The molecule has 0 bridgehead atoms. The molecule has 0 spiro atoms. The summed E-state index contributed by atoms with van der Waals surface area (Å²) in [6.07, 6.45) is 3.13. The third-order valence-corrected chi connectivity index (χ3v) is 3.98. The van der Waals surface area contributed by atoms with Crippen LogP contribution in [0.15, 0.2) is 82.4 Å². The summed E-state index contributed by atoms with van der Waals surface area (Å²) < 4.78 is 0. The smallest absolute Gasteiger partial charge is 0.147 e. The zero-order valence-electron chi connectivity index (χ0n) is 12.2. The molecular formula is C19H17N3. The van der Waals surface area contributed by atoms with Gasteiger partial charge < -0.3 is 5.32 Å². The topological polar surface area (TPSA) is 36.8 Å². The van der Waals surface area contributed by atoms with Crippen molar-refractivity contribution >= 4 is 11.5 Å². The summed E-state index contributed by atoms with van der Waals surface area (Å²) in [6.45, 7) is 0.837. The first kappa shape index (κ1) is 13.0. The summed E-state index contributed by atoms with van der Waals surface area (Å²) >= 11 is 0. The zero-order chi connectivity index (χ0) is 14.8. The molecule has 0 saturated carbocycles. The maximum absolute atomic E-state index is 4.92. The number of aliphatic imine (C=N–C) groups is 2. The van der Waals surface area contributed by atoms with Gasteiger partial charge >= 0.3 is 0 Å². The van der Waals surface area contributed by atoms with E-state index >= 15 is 0 Å². The van der Waals surface area contributed by atoms with Crippen LogP contribution in [0.5, 0.6) is 0 Å². The normalized spacial score (nSPS) is 20.2. The van der Waals surface area contributed by atoms with Gasteiger partial charge in [0.1, 0.15) is 11.5 Å². The van der Waals surface area contributed by atoms with Gasteiger partial charge in [0, 0.05) is 6.54 Å². The minimum absolute atomic E-state index is 0.0394. The molecule has 1 N–H and O–H groups in total. The predicted octanol–water partition coefficient (Wildman–Crippen LogP) is 3.51. The average molecular weight is 287 g/mol. The maximum Gasteiger partial charge on any atom is 0.147 e. The van der Waals surface area contributed by atoms with Gasteiger partial charge in [-0.3, -0.25) is 4.99 Å². The quantitative estimate of drug-likeness (QED) is 0.901. The van der Waals surface area contributed by atoms with E-state index in [1.165, 1.54) is 5.56 Å². The third kappa shape index (κ3) is 2.35. The van der Waals surface area contributed by atoms with Gasteiger partial charge in [0.05, 0.1) is 11.8 Å². The molecule has 1 atom stereocenters. The highest BCUT2D eigenvalue weighted by atomic mass is 15.1. The highest BCUT2D eigenvalue weighted by molar-refractivity contribution is 6.14. The lowest BCUT2D eigenvalue weighted by molar-refractivity contribution is 0.790. The zero-order valence-corrected chi connectivity index (χ0v) is 12.2.